The molecule has 1 fully saturated rings. The van der Waals surface area contributed by atoms with Gasteiger partial charge in [0.25, 0.3) is 0 Å². The van der Waals surface area contributed by atoms with Crippen LogP contribution >= 0.6 is 0 Å². The lowest BCUT2D eigenvalue weighted by atomic mass is 9.78. The first-order valence-corrected chi connectivity index (χ1v) is 13.7. The Morgan fingerprint density at radius 1 is 0.462 bits per heavy atom. The number of hydrogen-bond acceptors (Lipinski definition) is 2. The van der Waals surface area contributed by atoms with Crippen LogP contribution in [0.5, 0.6) is 0 Å². The molecule has 6 aromatic carbocycles. The van der Waals surface area contributed by atoms with E-state index in [0.29, 0.717) is 0 Å². The van der Waals surface area contributed by atoms with E-state index in [-0.39, 0.29) is 18.3 Å². The average Bonchev–Trinajstić information content (AvgIpc) is 3.18. The van der Waals surface area contributed by atoms with E-state index < -0.39 is 0 Å². The van der Waals surface area contributed by atoms with E-state index in [1.54, 1.807) is 0 Å². The summed E-state index contributed by atoms with van der Waals surface area (Å²) in [4.78, 5) is 0. The van der Waals surface area contributed by atoms with Crippen LogP contribution in [0.3, 0.4) is 0 Å². The van der Waals surface area contributed by atoms with Crippen LogP contribution in [-0.4, -0.2) is 18.3 Å². The zero-order valence-corrected chi connectivity index (χ0v) is 22.9. The predicted molar refractivity (Wildman–Crippen MR) is 166 cm³/mol. The predicted octanol–water partition coefficient (Wildman–Crippen LogP) is 8.78. The molecule has 0 aliphatic carbocycles. The number of benzene rings is 6. The summed E-state index contributed by atoms with van der Waals surface area (Å²) in [5, 5.41) is 7.50. The van der Waals surface area contributed by atoms with Crippen LogP contribution in [0.2, 0.25) is 0 Å². The van der Waals surface area contributed by atoms with E-state index >= 15 is 0 Å². The van der Waals surface area contributed by atoms with Crippen molar-refractivity contribution in [1.29, 1.82) is 0 Å². The summed E-state index contributed by atoms with van der Waals surface area (Å²) in [7, 11) is -0.359. The molecule has 2 nitrogen and oxygen atoms in total. The topological polar surface area (TPSA) is 18.5 Å². The van der Waals surface area contributed by atoms with Gasteiger partial charge in [-0.1, -0.05) is 109 Å². The van der Waals surface area contributed by atoms with Gasteiger partial charge in [-0.2, -0.15) is 0 Å². The van der Waals surface area contributed by atoms with E-state index in [1.807, 2.05) is 0 Å². The van der Waals surface area contributed by atoms with Crippen LogP contribution in [0.4, 0.5) is 0 Å². The maximum atomic E-state index is 6.30. The van der Waals surface area contributed by atoms with Crippen molar-refractivity contribution in [1.82, 2.24) is 0 Å². The van der Waals surface area contributed by atoms with Crippen molar-refractivity contribution in [3.8, 4) is 22.3 Å². The monoisotopic (exact) mass is 506 g/mol. The fourth-order valence-electron chi connectivity index (χ4n) is 5.80. The van der Waals surface area contributed by atoms with E-state index in [2.05, 4.69) is 143 Å². The largest absolute Gasteiger partial charge is 0.494 e. The first kappa shape index (κ1) is 24.1. The average molecular weight is 506 g/mol. The van der Waals surface area contributed by atoms with Crippen LogP contribution in [0.15, 0.2) is 115 Å². The summed E-state index contributed by atoms with van der Waals surface area (Å²) in [6, 6.07) is 41.8. The molecular weight excluding hydrogens is 475 g/mol. The Labute approximate surface area is 230 Å². The number of rotatable bonds is 3. The van der Waals surface area contributed by atoms with Gasteiger partial charge >= 0.3 is 7.12 Å². The molecule has 0 saturated carbocycles. The second-order valence-corrected chi connectivity index (χ2v) is 11.6. The molecule has 1 aliphatic heterocycles. The zero-order chi connectivity index (χ0) is 26.8. The summed E-state index contributed by atoms with van der Waals surface area (Å²) in [5.74, 6) is 0. The van der Waals surface area contributed by atoms with Crippen molar-refractivity contribution in [2.24, 2.45) is 0 Å². The highest BCUT2D eigenvalue weighted by Crippen LogP contribution is 2.39. The number of fused-ring (bicyclic) bond motifs is 4. The molecule has 0 unspecified atom stereocenters. The Morgan fingerprint density at radius 3 is 1.90 bits per heavy atom. The zero-order valence-electron chi connectivity index (χ0n) is 22.9. The van der Waals surface area contributed by atoms with Gasteiger partial charge in [0.2, 0.25) is 0 Å². The van der Waals surface area contributed by atoms with Gasteiger partial charge in [0, 0.05) is 0 Å². The lowest BCUT2D eigenvalue weighted by Gasteiger charge is -2.32. The van der Waals surface area contributed by atoms with Gasteiger partial charge in [-0.15, -0.1) is 0 Å². The van der Waals surface area contributed by atoms with Gasteiger partial charge in [0.1, 0.15) is 0 Å². The molecule has 1 aliphatic rings. The Bertz CT molecular complexity index is 1870. The fourth-order valence-corrected chi connectivity index (χ4v) is 5.80. The van der Waals surface area contributed by atoms with Gasteiger partial charge < -0.3 is 9.31 Å². The molecule has 0 atom stereocenters. The molecule has 190 valence electrons. The fraction of sp³-hybridized carbons (Fsp3) is 0.167. The van der Waals surface area contributed by atoms with Crippen LogP contribution in [0, 0.1) is 0 Å². The highest BCUT2D eigenvalue weighted by Gasteiger charge is 2.51. The van der Waals surface area contributed by atoms with E-state index in [4.69, 9.17) is 9.31 Å². The molecule has 0 radical (unpaired) electrons. The molecule has 0 amide bonds. The maximum Gasteiger partial charge on any atom is 0.494 e. The van der Waals surface area contributed by atoms with E-state index in [1.165, 1.54) is 54.6 Å². The second kappa shape index (κ2) is 8.81. The van der Waals surface area contributed by atoms with Crippen molar-refractivity contribution in [3.63, 3.8) is 0 Å². The third-order valence-corrected chi connectivity index (χ3v) is 8.70. The summed E-state index contributed by atoms with van der Waals surface area (Å²) < 4.78 is 12.6. The summed E-state index contributed by atoms with van der Waals surface area (Å²) >= 11 is 0. The molecule has 0 N–H and O–H groups in total. The van der Waals surface area contributed by atoms with Crippen molar-refractivity contribution in [2.75, 3.05) is 0 Å². The third-order valence-electron chi connectivity index (χ3n) is 8.70. The van der Waals surface area contributed by atoms with Gasteiger partial charge in [-0.3, -0.25) is 0 Å². The normalized spacial score (nSPS) is 16.4. The highest BCUT2D eigenvalue weighted by atomic mass is 16.7. The molecule has 0 aromatic heterocycles. The molecule has 6 aromatic rings. The number of hydrogen-bond donors (Lipinski definition) is 0. The Kier molecular flexibility index (Phi) is 5.45. The molecule has 0 bridgehead atoms. The quantitative estimate of drug-likeness (QED) is 0.176. The molecule has 1 saturated heterocycles. The van der Waals surface area contributed by atoms with Gasteiger partial charge in [-0.25, -0.2) is 0 Å². The van der Waals surface area contributed by atoms with E-state index in [9.17, 15) is 0 Å². The second-order valence-electron chi connectivity index (χ2n) is 11.6. The van der Waals surface area contributed by atoms with Crippen molar-refractivity contribution < 1.29 is 9.31 Å². The standard InChI is InChI=1S/C36H31BO2/c1-35(2)36(3,4)39-37(38-35)28-20-18-25-22-27(17-16-26(25)23-28)30-12-7-8-13-31(30)33-15-9-14-32-29-11-6-5-10-24(29)19-21-34(32)33/h5-23H,1-4H3. The third kappa shape index (κ3) is 3.96. The SMILES string of the molecule is CC1(C)OB(c2ccc3cc(-c4ccccc4-c4cccc5c4ccc4ccccc45)ccc3c2)OC1(C)C. The summed E-state index contributed by atoms with van der Waals surface area (Å²) in [6.45, 7) is 8.37. The van der Waals surface area contributed by atoms with Crippen molar-refractivity contribution in [2.45, 2.75) is 38.9 Å². The first-order valence-electron chi connectivity index (χ1n) is 13.7. The van der Waals surface area contributed by atoms with Crippen molar-refractivity contribution in [3.05, 3.63) is 115 Å². The molecule has 0 spiro atoms. The maximum absolute atomic E-state index is 6.30. The first-order chi connectivity index (χ1) is 18.8. The lowest BCUT2D eigenvalue weighted by Crippen LogP contribution is -2.41. The van der Waals surface area contributed by atoms with Gasteiger partial charge in [0.15, 0.2) is 0 Å². The molecule has 39 heavy (non-hydrogen) atoms. The highest BCUT2D eigenvalue weighted by molar-refractivity contribution is 6.62. The minimum Gasteiger partial charge on any atom is -0.399 e. The molecule has 1 heterocycles. The summed E-state index contributed by atoms with van der Waals surface area (Å²) in [5.41, 5.74) is 5.28. The molecule has 7 rings (SSSR count). The van der Waals surface area contributed by atoms with Crippen LogP contribution in [0.25, 0.3) is 54.6 Å². The Morgan fingerprint density at radius 2 is 1.08 bits per heavy atom. The molecule has 3 heteroatoms. The van der Waals surface area contributed by atoms with Crippen LogP contribution < -0.4 is 5.46 Å². The Hall–Kier alpha value is -3.92. The lowest BCUT2D eigenvalue weighted by molar-refractivity contribution is 0.00578. The van der Waals surface area contributed by atoms with Gasteiger partial charge in [-0.05, 0) is 93.8 Å². The van der Waals surface area contributed by atoms with Crippen LogP contribution in [0.1, 0.15) is 27.7 Å². The minimum absolute atomic E-state index is 0.353. The minimum atomic E-state index is -0.359. The van der Waals surface area contributed by atoms with Gasteiger partial charge in [0.05, 0.1) is 11.2 Å². The Balaban J connectivity index is 1.31. The summed E-state index contributed by atoms with van der Waals surface area (Å²) in [6.07, 6.45) is 0. The van der Waals surface area contributed by atoms with Crippen molar-refractivity contribution >= 4 is 44.9 Å². The van der Waals surface area contributed by atoms with E-state index in [0.717, 1.165) is 5.46 Å². The smallest absolute Gasteiger partial charge is 0.399 e. The molecular formula is C36H31BO2. The van der Waals surface area contributed by atoms with Crippen LogP contribution in [-0.2, 0) is 9.31 Å².